The third kappa shape index (κ3) is 2.77. The van der Waals surface area contributed by atoms with Gasteiger partial charge in [-0.25, -0.2) is 0 Å². The lowest BCUT2D eigenvalue weighted by Gasteiger charge is -2.35. The van der Waals surface area contributed by atoms with E-state index >= 15 is 0 Å². The largest absolute Gasteiger partial charge is 0.317 e. The van der Waals surface area contributed by atoms with Crippen LogP contribution in [0.1, 0.15) is 50.0 Å². The number of nitrogens with zero attached hydrogens (tertiary/aromatic N) is 2. The number of Topliss-reactive ketones (excluding diaryl/α,β-unsaturated/α-hetero) is 1. The first-order chi connectivity index (χ1) is 9.14. The summed E-state index contributed by atoms with van der Waals surface area (Å²) in [6.45, 7) is 6.88. The van der Waals surface area contributed by atoms with Crippen LogP contribution in [0.5, 0.6) is 0 Å². The van der Waals surface area contributed by atoms with Crippen molar-refractivity contribution in [1.29, 1.82) is 0 Å². The molecule has 4 nitrogen and oxygen atoms in total. The number of halogens is 1. The lowest BCUT2D eigenvalue weighted by Crippen LogP contribution is -2.42. The minimum atomic E-state index is -0.209. The zero-order valence-electron chi connectivity index (χ0n) is 11.7. The Bertz CT molecular complexity index is 450. The van der Waals surface area contributed by atoms with Crippen LogP contribution in [0.3, 0.4) is 0 Å². The zero-order valence-corrected chi connectivity index (χ0v) is 13.3. The third-order valence-electron chi connectivity index (χ3n) is 4.16. The average Bonchev–Trinajstić information content (AvgIpc) is 2.80. The smallest absolute Gasteiger partial charge is 0.188 e. The number of aryl methyl sites for hydroxylation is 1. The Morgan fingerprint density at radius 2 is 2.16 bits per heavy atom. The van der Waals surface area contributed by atoms with Crippen molar-refractivity contribution < 1.29 is 4.79 Å². The molecule has 0 amide bonds. The molecule has 0 unspecified atom stereocenters. The molecule has 0 bridgehead atoms. The van der Waals surface area contributed by atoms with Crippen molar-refractivity contribution in [2.45, 2.75) is 46.1 Å². The minimum absolute atomic E-state index is 0.209. The van der Waals surface area contributed by atoms with E-state index in [-0.39, 0.29) is 11.2 Å². The van der Waals surface area contributed by atoms with Gasteiger partial charge in [0.1, 0.15) is 5.69 Å². The lowest BCUT2D eigenvalue weighted by molar-refractivity contribution is 0.0704. The quantitative estimate of drug-likeness (QED) is 0.845. The number of rotatable bonds is 5. The second kappa shape index (κ2) is 6.18. The standard InChI is InChI=1S/C14H22BrN3O/c1-3-9-18-12(11(15)10-17-18)13(19)14(4-2)5-7-16-8-6-14/h10,16H,3-9H2,1-2H3. The Balaban J connectivity index is 2.34. The van der Waals surface area contributed by atoms with Gasteiger partial charge >= 0.3 is 0 Å². The van der Waals surface area contributed by atoms with Gasteiger partial charge in [0.2, 0.25) is 0 Å². The molecule has 1 saturated heterocycles. The Morgan fingerprint density at radius 1 is 1.47 bits per heavy atom. The summed E-state index contributed by atoms with van der Waals surface area (Å²) >= 11 is 3.49. The van der Waals surface area contributed by atoms with E-state index in [9.17, 15) is 4.79 Å². The van der Waals surface area contributed by atoms with Gasteiger partial charge in [-0.05, 0) is 54.7 Å². The SMILES string of the molecule is CCCn1ncc(Br)c1C(=O)C1(CC)CCNCC1. The van der Waals surface area contributed by atoms with Crippen molar-refractivity contribution in [3.63, 3.8) is 0 Å². The predicted octanol–water partition coefficient (Wildman–Crippen LogP) is 3.02. The molecule has 5 heteroatoms. The molecule has 106 valence electrons. The highest BCUT2D eigenvalue weighted by Crippen LogP contribution is 2.37. The first-order valence-electron chi connectivity index (χ1n) is 7.11. The highest BCUT2D eigenvalue weighted by Gasteiger charge is 2.40. The molecule has 1 aromatic rings. The summed E-state index contributed by atoms with van der Waals surface area (Å²) in [7, 11) is 0. The molecule has 0 atom stereocenters. The van der Waals surface area contributed by atoms with E-state index in [0.717, 1.165) is 55.5 Å². The molecule has 2 rings (SSSR count). The first-order valence-corrected chi connectivity index (χ1v) is 7.90. The van der Waals surface area contributed by atoms with Crippen LogP contribution in [0.4, 0.5) is 0 Å². The van der Waals surface area contributed by atoms with Crippen molar-refractivity contribution in [2.75, 3.05) is 13.1 Å². The number of carbonyl (C=O) groups excluding carboxylic acids is 1. The molecule has 0 aromatic carbocycles. The molecular weight excluding hydrogens is 306 g/mol. The molecule has 2 heterocycles. The summed E-state index contributed by atoms with van der Waals surface area (Å²) < 4.78 is 2.68. The van der Waals surface area contributed by atoms with Gasteiger partial charge in [-0.3, -0.25) is 9.48 Å². The van der Waals surface area contributed by atoms with Gasteiger partial charge < -0.3 is 5.32 Å². The van der Waals surface area contributed by atoms with Crippen LogP contribution in [0.2, 0.25) is 0 Å². The van der Waals surface area contributed by atoms with Gasteiger partial charge in [0.15, 0.2) is 5.78 Å². The van der Waals surface area contributed by atoms with Gasteiger partial charge in [0.05, 0.1) is 10.7 Å². The Labute approximate surface area is 123 Å². The van der Waals surface area contributed by atoms with Crippen LogP contribution in [-0.2, 0) is 6.54 Å². The second-order valence-electron chi connectivity index (χ2n) is 5.28. The summed E-state index contributed by atoms with van der Waals surface area (Å²) in [4.78, 5) is 13.0. The fraction of sp³-hybridized carbons (Fsp3) is 0.714. The highest BCUT2D eigenvalue weighted by molar-refractivity contribution is 9.10. The molecule has 0 aliphatic carbocycles. The molecular formula is C14H22BrN3O. The Kier molecular flexibility index (Phi) is 4.79. The van der Waals surface area contributed by atoms with E-state index in [2.05, 4.69) is 40.2 Å². The molecule has 1 aliphatic heterocycles. The van der Waals surface area contributed by atoms with Crippen molar-refractivity contribution in [1.82, 2.24) is 15.1 Å². The fourth-order valence-corrected chi connectivity index (χ4v) is 3.34. The summed E-state index contributed by atoms with van der Waals surface area (Å²) in [6, 6.07) is 0. The van der Waals surface area contributed by atoms with E-state index in [1.165, 1.54) is 0 Å². The van der Waals surface area contributed by atoms with Gasteiger partial charge in [0.25, 0.3) is 0 Å². The van der Waals surface area contributed by atoms with E-state index in [1.54, 1.807) is 6.20 Å². The maximum atomic E-state index is 13.0. The second-order valence-corrected chi connectivity index (χ2v) is 6.13. The van der Waals surface area contributed by atoms with E-state index in [1.807, 2.05) is 4.68 Å². The molecule has 19 heavy (non-hydrogen) atoms. The number of ketones is 1. The van der Waals surface area contributed by atoms with Crippen molar-refractivity contribution in [2.24, 2.45) is 5.41 Å². The van der Waals surface area contributed by atoms with Crippen LogP contribution < -0.4 is 5.32 Å². The van der Waals surface area contributed by atoms with Gasteiger partial charge in [0, 0.05) is 12.0 Å². The van der Waals surface area contributed by atoms with Gasteiger partial charge in [-0.2, -0.15) is 5.10 Å². The maximum Gasteiger partial charge on any atom is 0.188 e. The molecule has 1 aliphatic rings. The van der Waals surface area contributed by atoms with Gasteiger partial charge in [-0.15, -0.1) is 0 Å². The summed E-state index contributed by atoms with van der Waals surface area (Å²) in [5.74, 6) is 0.259. The number of carbonyl (C=O) groups is 1. The highest BCUT2D eigenvalue weighted by atomic mass is 79.9. The van der Waals surface area contributed by atoms with Crippen LogP contribution in [0.15, 0.2) is 10.7 Å². The summed E-state index contributed by atoms with van der Waals surface area (Å²) in [5.41, 5.74) is 0.546. The zero-order chi connectivity index (χ0) is 13.9. The number of nitrogens with one attached hydrogen (secondary N) is 1. The van der Waals surface area contributed by atoms with E-state index in [4.69, 9.17) is 0 Å². The molecule has 0 radical (unpaired) electrons. The number of hydrogen-bond donors (Lipinski definition) is 1. The van der Waals surface area contributed by atoms with Crippen LogP contribution in [0.25, 0.3) is 0 Å². The molecule has 1 aromatic heterocycles. The lowest BCUT2D eigenvalue weighted by atomic mass is 9.72. The predicted molar refractivity (Wildman–Crippen MR) is 79.4 cm³/mol. The third-order valence-corrected chi connectivity index (χ3v) is 4.74. The summed E-state index contributed by atoms with van der Waals surface area (Å²) in [5, 5.41) is 7.66. The molecule has 0 saturated carbocycles. The van der Waals surface area contributed by atoms with Crippen molar-refractivity contribution >= 4 is 21.7 Å². The van der Waals surface area contributed by atoms with E-state index < -0.39 is 0 Å². The topological polar surface area (TPSA) is 46.9 Å². The number of hydrogen-bond acceptors (Lipinski definition) is 3. The molecule has 0 spiro atoms. The van der Waals surface area contributed by atoms with Crippen LogP contribution in [0, 0.1) is 5.41 Å². The Morgan fingerprint density at radius 3 is 2.74 bits per heavy atom. The van der Waals surface area contributed by atoms with Gasteiger partial charge in [-0.1, -0.05) is 13.8 Å². The summed E-state index contributed by atoms with van der Waals surface area (Å²) in [6.07, 6.45) is 5.47. The Hall–Kier alpha value is -0.680. The minimum Gasteiger partial charge on any atom is -0.317 e. The number of piperidine rings is 1. The maximum absolute atomic E-state index is 13.0. The first kappa shape index (κ1) is 14.7. The van der Waals surface area contributed by atoms with E-state index in [0.29, 0.717) is 0 Å². The normalized spacial score (nSPS) is 18.5. The molecule has 1 N–H and O–H groups in total. The monoisotopic (exact) mass is 327 g/mol. The molecule has 1 fully saturated rings. The van der Waals surface area contributed by atoms with Crippen molar-refractivity contribution in [3.05, 3.63) is 16.4 Å². The van der Waals surface area contributed by atoms with Crippen LogP contribution >= 0.6 is 15.9 Å². The van der Waals surface area contributed by atoms with Crippen molar-refractivity contribution in [3.8, 4) is 0 Å². The number of aromatic nitrogens is 2. The average molecular weight is 328 g/mol. The van der Waals surface area contributed by atoms with Crippen LogP contribution in [-0.4, -0.2) is 28.7 Å². The fourth-order valence-electron chi connectivity index (χ4n) is 2.87.